The highest BCUT2D eigenvalue weighted by atomic mass is 15.4. The minimum Gasteiger partial charge on any atom is -0.361 e. The monoisotopic (exact) mass is 407 g/mol. The first-order valence-corrected chi connectivity index (χ1v) is 11.2. The zero-order valence-electron chi connectivity index (χ0n) is 18.3. The van der Waals surface area contributed by atoms with Crippen molar-refractivity contribution < 1.29 is 0 Å². The molecule has 0 spiro atoms. The van der Waals surface area contributed by atoms with Gasteiger partial charge in [-0.1, -0.05) is 32.0 Å². The Balaban J connectivity index is 1.32. The smallest absolute Gasteiger partial charge is 0.191 e. The SMILES string of the molecule is CCNC(=NCCCc1c[nH]c2ccccc12)NC1CCc2nc(C(C)C)nn2C1. The van der Waals surface area contributed by atoms with E-state index in [9.17, 15) is 0 Å². The van der Waals surface area contributed by atoms with Crippen molar-refractivity contribution in [2.75, 3.05) is 13.1 Å². The van der Waals surface area contributed by atoms with Gasteiger partial charge in [-0.25, -0.2) is 9.67 Å². The van der Waals surface area contributed by atoms with Gasteiger partial charge >= 0.3 is 0 Å². The van der Waals surface area contributed by atoms with Gasteiger partial charge in [0, 0.05) is 48.6 Å². The molecule has 3 heterocycles. The molecule has 0 radical (unpaired) electrons. The molecule has 3 aromatic rings. The Kier molecular flexibility index (Phi) is 6.35. The second-order valence-electron chi connectivity index (χ2n) is 8.33. The van der Waals surface area contributed by atoms with Gasteiger partial charge in [0.25, 0.3) is 0 Å². The van der Waals surface area contributed by atoms with Crippen LogP contribution in [0.5, 0.6) is 0 Å². The highest BCUT2D eigenvalue weighted by molar-refractivity contribution is 5.83. The number of hydrogen-bond donors (Lipinski definition) is 3. The summed E-state index contributed by atoms with van der Waals surface area (Å²) in [6, 6.07) is 8.80. The molecule has 7 heteroatoms. The van der Waals surface area contributed by atoms with Gasteiger partial charge in [0.05, 0.1) is 6.54 Å². The van der Waals surface area contributed by atoms with Crippen molar-refractivity contribution in [3.8, 4) is 0 Å². The van der Waals surface area contributed by atoms with E-state index in [4.69, 9.17) is 4.99 Å². The summed E-state index contributed by atoms with van der Waals surface area (Å²) in [6.07, 6.45) is 6.18. The van der Waals surface area contributed by atoms with E-state index in [0.717, 1.165) is 62.9 Å². The Bertz CT molecular complexity index is 998. The topological polar surface area (TPSA) is 82.9 Å². The van der Waals surface area contributed by atoms with E-state index in [0.29, 0.717) is 12.0 Å². The molecule has 0 saturated carbocycles. The first-order chi connectivity index (χ1) is 14.6. The highest BCUT2D eigenvalue weighted by Gasteiger charge is 2.23. The molecule has 0 bridgehead atoms. The van der Waals surface area contributed by atoms with E-state index in [2.05, 4.69) is 81.6 Å². The van der Waals surface area contributed by atoms with Crippen molar-refractivity contribution in [1.82, 2.24) is 30.4 Å². The van der Waals surface area contributed by atoms with Gasteiger partial charge in [-0.2, -0.15) is 5.10 Å². The Morgan fingerprint density at radius 3 is 3.03 bits per heavy atom. The maximum absolute atomic E-state index is 4.82. The molecule has 0 aliphatic carbocycles. The predicted octanol–water partition coefficient (Wildman–Crippen LogP) is 3.39. The molecule has 3 N–H and O–H groups in total. The van der Waals surface area contributed by atoms with E-state index >= 15 is 0 Å². The summed E-state index contributed by atoms with van der Waals surface area (Å²) >= 11 is 0. The molecular formula is C23H33N7. The molecule has 0 fully saturated rings. The maximum Gasteiger partial charge on any atom is 0.191 e. The first kappa shape index (κ1) is 20.4. The lowest BCUT2D eigenvalue weighted by Gasteiger charge is -2.25. The third-order valence-electron chi connectivity index (χ3n) is 5.62. The Morgan fingerprint density at radius 1 is 1.33 bits per heavy atom. The van der Waals surface area contributed by atoms with Crippen LogP contribution in [-0.4, -0.2) is 44.8 Å². The van der Waals surface area contributed by atoms with E-state index in [1.165, 1.54) is 16.5 Å². The predicted molar refractivity (Wildman–Crippen MR) is 122 cm³/mol. The van der Waals surface area contributed by atoms with Crippen LogP contribution in [0.15, 0.2) is 35.5 Å². The minimum absolute atomic E-state index is 0.325. The van der Waals surface area contributed by atoms with Crippen molar-refractivity contribution in [2.45, 2.75) is 65.0 Å². The summed E-state index contributed by atoms with van der Waals surface area (Å²) < 4.78 is 2.07. The summed E-state index contributed by atoms with van der Waals surface area (Å²) in [6.45, 7) is 8.89. The van der Waals surface area contributed by atoms with Crippen molar-refractivity contribution in [3.63, 3.8) is 0 Å². The number of rotatable bonds is 7. The van der Waals surface area contributed by atoms with Crippen molar-refractivity contribution >= 4 is 16.9 Å². The molecular weight excluding hydrogens is 374 g/mol. The number of nitrogens with one attached hydrogen (secondary N) is 3. The number of para-hydroxylation sites is 1. The second-order valence-corrected chi connectivity index (χ2v) is 8.33. The van der Waals surface area contributed by atoms with Gasteiger partial charge in [0.15, 0.2) is 11.8 Å². The van der Waals surface area contributed by atoms with Crippen molar-refractivity contribution in [2.24, 2.45) is 4.99 Å². The van der Waals surface area contributed by atoms with Crippen LogP contribution in [0.4, 0.5) is 0 Å². The zero-order chi connectivity index (χ0) is 20.9. The largest absolute Gasteiger partial charge is 0.361 e. The standard InChI is InChI=1S/C23H33N7/c1-4-24-23(25-13-7-8-17-14-26-20-10-6-5-9-19(17)20)27-18-11-12-21-28-22(16(2)3)29-30(21)15-18/h5-6,9-10,14,16,18,26H,4,7-8,11-13,15H2,1-3H3,(H2,24,25,27). The van der Waals surface area contributed by atoms with E-state index in [-0.39, 0.29) is 0 Å². The zero-order valence-corrected chi connectivity index (χ0v) is 18.3. The van der Waals surface area contributed by atoms with Crippen LogP contribution in [0.3, 0.4) is 0 Å². The summed E-state index contributed by atoms with van der Waals surface area (Å²) in [4.78, 5) is 12.9. The van der Waals surface area contributed by atoms with E-state index < -0.39 is 0 Å². The maximum atomic E-state index is 4.82. The average Bonchev–Trinajstić information content (AvgIpc) is 3.35. The molecule has 1 aromatic carbocycles. The normalized spacial score (nSPS) is 16.8. The molecule has 7 nitrogen and oxygen atoms in total. The lowest BCUT2D eigenvalue weighted by atomic mass is 10.1. The van der Waals surface area contributed by atoms with Gasteiger partial charge in [0.2, 0.25) is 0 Å². The highest BCUT2D eigenvalue weighted by Crippen LogP contribution is 2.19. The van der Waals surface area contributed by atoms with Crippen molar-refractivity contribution in [3.05, 3.63) is 47.7 Å². The summed E-state index contributed by atoms with van der Waals surface area (Å²) in [5.74, 6) is 3.32. The summed E-state index contributed by atoms with van der Waals surface area (Å²) in [5, 5.41) is 13.0. The number of aromatic amines is 1. The van der Waals surface area contributed by atoms with Gasteiger partial charge in [0.1, 0.15) is 5.82 Å². The number of benzene rings is 1. The van der Waals surface area contributed by atoms with E-state index in [1.54, 1.807) is 0 Å². The fraction of sp³-hybridized carbons (Fsp3) is 0.522. The third kappa shape index (κ3) is 4.66. The summed E-state index contributed by atoms with van der Waals surface area (Å²) in [5.41, 5.74) is 2.57. The fourth-order valence-electron chi connectivity index (χ4n) is 4.00. The van der Waals surface area contributed by atoms with Crippen LogP contribution >= 0.6 is 0 Å². The molecule has 1 aliphatic heterocycles. The van der Waals surface area contributed by atoms with Gasteiger partial charge < -0.3 is 15.6 Å². The number of aliphatic imine (C=N–C) groups is 1. The lowest BCUT2D eigenvalue weighted by molar-refractivity contribution is 0.391. The number of nitrogens with zero attached hydrogens (tertiary/aromatic N) is 4. The number of aromatic nitrogens is 4. The number of aryl methyl sites for hydroxylation is 2. The molecule has 1 aliphatic rings. The third-order valence-corrected chi connectivity index (χ3v) is 5.62. The molecule has 4 rings (SSSR count). The van der Waals surface area contributed by atoms with Crippen LogP contribution in [0.2, 0.25) is 0 Å². The lowest BCUT2D eigenvalue weighted by Crippen LogP contribution is -2.47. The second kappa shape index (κ2) is 9.32. The van der Waals surface area contributed by atoms with Crippen LogP contribution in [-0.2, 0) is 19.4 Å². The number of guanidine groups is 1. The number of H-pyrrole nitrogens is 1. The molecule has 160 valence electrons. The van der Waals surface area contributed by atoms with Crippen LogP contribution < -0.4 is 10.6 Å². The number of hydrogen-bond acceptors (Lipinski definition) is 3. The van der Waals surface area contributed by atoms with Crippen LogP contribution in [0.1, 0.15) is 56.7 Å². The van der Waals surface area contributed by atoms with E-state index in [1.807, 2.05) is 0 Å². The molecule has 0 amide bonds. The van der Waals surface area contributed by atoms with Crippen LogP contribution in [0, 0.1) is 0 Å². The molecule has 0 saturated heterocycles. The van der Waals surface area contributed by atoms with Crippen LogP contribution in [0.25, 0.3) is 10.9 Å². The fourth-order valence-corrected chi connectivity index (χ4v) is 4.00. The van der Waals surface area contributed by atoms with Gasteiger partial charge in [-0.15, -0.1) is 0 Å². The molecule has 2 aromatic heterocycles. The summed E-state index contributed by atoms with van der Waals surface area (Å²) in [7, 11) is 0. The van der Waals surface area contributed by atoms with Crippen molar-refractivity contribution in [1.29, 1.82) is 0 Å². The Morgan fingerprint density at radius 2 is 2.20 bits per heavy atom. The average molecular weight is 408 g/mol. The Hall–Kier alpha value is -2.83. The quantitative estimate of drug-likeness (QED) is 0.318. The minimum atomic E-state index is 0.325. The molecule has 1 unspecified atom stereocenters. The first-order valence-electron chi connectivity index (χ1n) is 11.2. The Labute approximate surface area is 178 Å². The number of fused-ring (bicyclic) bond motifs is 2. The van der Waals surface area contributed by atoms with Gasteiger partial charge in [-0.3, -0.25) is 4.99 Å². The van der Waals surface area contributed by atoms with Gasteiger partial charge in [-0.05, 0) is 37.8 Å². The molecule has 1 atom stereocenters. The molecule has 30 heavy (non-hydrogen) atoms.